The highest BCUT2D eigenvalue weighted by Gasteiger charge is 2.12. The molecule has 2 amide bonds. The van der Waals surface area contributed by atoms with E-state index in [-0.39, 0.29) is 18.4 Å². The molecule has 0 aliphatic carbocycles. The lowest BCUT2D eigenvalue weighted by molar-refractivity contribution is -0.115. The molecule has 0 spiro atoms. The van der Waals surface area contributed by atoms with Crippen LogP contribution in [0.3, 0.4) is 0 Å². The number of hydrogen-bond donors (Lipinski definition) is 2. The van der Waals surface area contributed by atoms with Crippen LogP contribution in [-0.4, -0.2) is 18.4 Å². The lowest BCUT2D eigenvalue weighted by Crippen LogP contribution is -2.33. The highest BCUT2D eigenvalue weighted by molar-refractivity contribution is 6.33. The molecule has 0 saturated carbocycles. The maximum Gasteiger partial charge on any atom is 0.253 e. The van der Waals surface area contributed by atoms with Crippen LogP contribution < -0.4 is 10.6 Å². The first-order chi connectivity index (χ1) is 10.5. The molecule has 0 aliphatic rings. The number of nitrogens with one attached hydrogen (secondary N) is 2. The normalized spacial score (nSPS) is 10.1. The number of halogens is 1. The van der Waals surface area contributed by atoms with E-state index in [2.05, 4.69) is 10.6 Å². The second-order valence-electron chi connectivity index (χ2n) is 4.98. The Morgan fingerprint density at radius 1 is 1.00 bits per heavy atom. The highest BCUT2D eigenvalue weighted by Crippen LogP contribution is 2.19. The summed E-state index contributed by atoms with van der Waals surface area (Å²) in [7, 11) is 0. The molecule has 0 radical (unpaired) electrons. The smallest absolute Gasteiger partial charge is 0.253 e. The first-order valence-electron chi connectivity index (χ1n) is 6.88. The summed E-state index contributed by atoms with van der Waals surface area (Å²) in [6, 6.07) is 12.5. The van der Waals surface area contributed by atoms with Gasteiger partial charge in [0, 0.05) is 5.69 Å². The molecule has 0 heterocycles. The van der Waals surface area contributed by atoms with Gasteiger partial charge in [-0.15, -0.1) is 0 Å². The molecule has 0 aliphatic heterocycles. The number of aryl methyl sites for hydroxylation is 2. The SMILES string of the molecule is Cc1cccc(C)c1NC(=O)CNC(=O)c1ccccc1Cl. The number of para-hydroxylation sites is 1. The first-order valence-corrected chi connectivity index (χ1v) is 7.25. The van der Waals surface area contributed by atoms with Crippen molar-refractivity contribution in [1.82, 2.24) is 5.32 Å². The molecule has 2 aromatic rings. The predicted octanol–water partition coefficient (Wildman–Crippen LogP) is 3.33. The quantitative estimate of drug-likeness (QED) is 0.909. The summed E-state index contributed by atoms with van der Waals surface area (Å²) in [4.78, 5) is 24.0. The summed E-state index contributed by atoms with van der Waals surface area (Å²) in [5.41, 5.74) is 3.08. The van der Waals surface area contributed by atoms with E-state index in [0.29, 0.717) is 10.6 Å². The van der Waals surface area contributed by atoms with Crippen LogP contribution in [0.5, 0.6) is 0 Å². The van der Waals surface area contributed by atoms with Crippen LogP contribution in [0, 0.1) is 13.8 Å². The second-order valence-corrected chi connectivity index (χ2v) is 5.38. The molecule has 114 valence electrons. The fraction of sp³-hybridized carbons (Fsp3) is 0.176. The van der Waals surface area contributed by atoms with Gasteiger partial charge in [0.25, 0.3) is 5.91 Å². The topological polar surface area (TPSA) is 58.2 Å². The van der Waals surface area contributed by atoms with E-state index in [0.717, 1.165) is 16.8 Å². The van der Waals surface area contributed by atoms with Gasteiger partial charge in [0.2, 0.25) is 5.91 Å². The number of carbonyl (C=O) groups is 2. The second kappa shape index (κ2) is 7.09. The van der Waals surface area contributed by atoms with E-state index in [1.54, 1.807) is 24.3 Å². The number of hydrogen-bond acceptors (Lipinski definition) is 2. The summed E-state index contributed by atoms with van der Waals surface area (Å²) < 4.78 is 0. The molecule has 2 aromatic carbocycles. The van der Waals surface area contributed by atoms with Crippen molar-refractivity contribution in [2.75, 3.05) is 11.9 Å². The molecule has 22 heavy (non-hydrogen) atoms. The average molecular weight is 317 g/mol. The maximum atomic E-state index is 12.0. The molecule has 0 fully saturated rings. The zero-order chi connectivity index (χ0) is 16.1. The molecule has 2 N–H and O–H groups in total. The molecule has 5 heteroatoms. The Labute approximate surface area is 134 Å². The Bertz CT molecular complexity index is 693. The molecular weight excluding hydrogens is 300 g/mol. The van der Waals surface area contributed by atoms with E-state index >= 15 is 0 Å². The first kappa shape index (κ1) is 16.0. The van der Waals surface area contributed by atoms with E-state index in [9.17, 15) is 9.59 Å². The van der Waals surface area contributed by atoms with Crippen molar-refractivity contribution in [3.8, 4) is 0 Å². The lowest BCUT2D eigenvalue weighted by Gasteiger charge is -2.12. The van der Waals surface area contributed by atoms with Crippen molar-refractivity contribution < 1.29 is 9.59 Å². The van der Waals surface area contributed by atoms with Gasteiger partial charge in [0.1, 0.15) is 0 Å². The largest absolute Gasteiger partial charge is 0.343 e. The fourth-order valence-electron chi connectivity index (χ4n) is 2.10. The van der Waals surface area contributed by atoms with Gasteiger partial charge >= 0.3 is 0 Å². The van der Waals surface area contributed by atoms with Crippen molar-refractivity contribution in [2.24, 2.45) is 0 Å². The number of benzene rings is 2. The summed E-state index contributed by atoms with van der Waals surface area (Å²) in [5.74, 6) is -0.653. The number of amides is 2. The van der Waals surface area contributed by atoms with Crippen LogP contribution >= 0.6 is 11.6 Å². The molecule has 2 rings (SSSR count). The van der Waals surface area contributed by atoms with E-state index in [1.165, 1.54) is 0 Å². The molecule has 0 atom stereocenters. The predicted molar refractivity (Wildman–Crippen MR) is 88.3 cm³/mol. The third kappa shape index (κ3) is 3.86. The van der Waals surface area contributed by atoms with E-state index in [1.807, 2.05) is 32.0 Å². The maximum absolute atomic E-state index is 12.0. The van der Waals surface area contributed by atoms with Gasteiger partial charge in [-0.1, -0.05) is 41.9 Å². The van der Waals surface area contributed by atoms with Gasteiger partial charge in [0.05, 0.1) is 17.1 Å². The van der Waals surface area contributed by atoms with Gasteiger partial charge in [0.15, 0.2) is 0 Å². The van der Waals surface area contributed by atoms with Gasteiger partial charge in [-0.25, -0.2) is 0 Å². The minimum Gasteiger partial charge on any atom is -0.343 e. The number of rotatable bonds is 4. The molecule has 0 saturated heterocycles. The Kier molecular flexibility index (Phi) is 5.17. The summed E-state index contributed by atoms with van der Waals surface area (Å²) in [5, 5.41) is 5.73. The third-order valence-corrected chi connectivity index (χ3v) is 3.60. The van der Waals surface area contributed by atoms with Gasteiger partial charge in [-0.3, -0.25) is 9.59 Å². The van der Waals surface area contributed by atoms with E-state index in [4.69, 9.17) is 11.6 Å². The number of carbonyl (C=O) groups excluding carboxylic acids is 2. The van der Waals surface area contributed by atoms with Crippen molar-refractivity contribution in [1.29, 1.82) is 0 Å². The summed E-state index contributed by atoms with van der Waals surface area (Å²) in [6.45, 7) is 3.73. The Hall–Kier alpha value is -2.33. The van der Waals surface area contributed by atoms with Crippen LogP contribution in [-0.2, 0) is 4.79 Å². The molecule has 4 nitrogen and oxygen atoms in total. The Morgan fingerprint density at radius 2 is 1.64 bits per heavy atom. The van der Waals surface area contributed by atoms with Crippen LogP contribution in [0.15, 0.2) is 42.5 Å². The Morgan fingerprint density at radius 3 is 2.27 bits per heavy atom. The summed E-state index contributed by atoms with van der Waals surface area (Å²) in [6.07, 6.45) is 0. The minimum atomic E-state index is -0.373. The third-order valence-electron chi connectivity index (χ3n) is 3.27. The zero-order valence-corrected chi connectivity index (χ0v) is 13.2. The van der Waals surface area contributed by atoms with Crippen LogP contribution in [0.25, 0.3) is 0 Å². The number of anilines is 1. The van der Waals surface area contributed by atoms with Crippen molar-refractivity contribution >= 4 is 29.1 Å². The van der Waals surface area contributed by atoms with E-state index < -0.39 is 0 Å². The molecule has 0 aromatic heterocycles. The monoisotopic (exact) mass is 316 g/mol. The van der Waals surface area contributed by atoms with Gasteiger partial charge in [-0.2, -0.15) is 0 Å². The van der Waals surface area contributed by atoms with Crippen LogP contribution in [0.4, 0.5) is 5.69 Å². The average Bonchev–Trinajstić information content (AvgIpc) is 2.49. The van der Waals surface area contributed by atoms with Crippen molar-refractivity contribution in [3.63, 3.8) is 0 Å². The van der Waals surface area contributed by atoms with Crippen LogP contribution in [0.2, 0.25) is 5.02 Å². The fourth-order valence-corrected chi connectivity index (χ4v) is 2.32. The molecule has 0 unspecified atom stereocenters. The zero-order valence-electron chi connectivity index (χ0n) is 12.4. The van der Waals surface area contributed by atoms with Crippen molar-refractivity contribution in [2.45, 2.75) is 13.8 Å². The van der Waals surface area contributed by atoms with Gasteiger partial charge in [-0.05, 0) is 37.1 Å². The van der Waals surface area contributed by atoms with Gasteiger partial charge < -0.3 is 10.6 Å². The molecule has 0 bridgehead atoms. The molecular formula is C17H17ClN2O2. The minimum absolute atomic E-state index is 0.113. The van der Waals surface area contributed by atoms with Crippen LogP contribution in [0.1, 0.15) is 21.5 Å². The van der Waals surface area contributed by atoms with Crippen molar-refractivity contribution in [3.05, 3.63) is 64.2 Å². The Balaban J connectivity index is 1.96. The highest BCUT2D eigenvalue weighted by atomic mass is 35.5. The lowest BCUT2D eigenvalue weighted by atomic mass is 10.1. The standard InChI is InChI=1S/C17H17ClN2O2/c1-11-6-5-7-12(2)16(11)20-15(21)10-19-17(22)13-8-3-4-9-14(13)18/h3-9H,10H2,1-2H3,(H,19,22)(H,20,21). The summed E-state index contributed by atoms with van der Waals surface area (Å²) >= 11 is 5.94.